The molecule has 2 aliphatic heterocycles. The normalized spacial score (nSPS) is 19.6. The zero-order valence-corrected chi connectivity index (χ0v) is 18.5. The molecule has 2 aromatic rings. The highest BCUT2D eigenvalue weighted by molar-refractivity contribution is 5.94. The van der Waals surface area contributed by atoms with Crippen LogP contribution in [0.2, 0.25) is 0 Å². The van der Waals surface area contributed by atoms with Gasteiger partial charge in [-0.25, -0.2) is 0 Å². The first-order valence-electron chi connectivity index (χ1n) is 11.0. The Morgan fingerprint density at radius 3 is 2.32 bits per heavy atom. The van der Waals surface area contributed by atoms with Crippen molar-refractivity contribution < 1.29 is 14.3 Å². The molecule has 1 atom stereocenters. The first kappa shape index (κ1) is 21.4. The number of likely N-dealkylation sites (tertiary alicyclic amines) is 1. The van der Waals surface area contributed by atoms with Crippen LogP contribution in [0.4, 0.5) is 5.69 Å². The number of anilines is 1. The molecule has 0 N–H and O–H groups in total. The third kappa shape index (κ3) is 4.77. The minimum atomic E-state index is -0.100. The minimum absolute atomic E-state index is 0.0240. The molecule has 0 saturated carbocycles. The number of benzene rings is 1. The number of rotatable bonds is 5. The highest BCUT2D eigenvalue weighted by Gasteiger charge is 2.28. The standard InChI is InChI=1S/C24H31N3O4/c1-17-14-22(15-23(28)25(17)2)31-21-10-13-27(16-21)24(29)18-4-6-19(7-5-18)26-11-8-20(30-3)9-12-26/h4-7,14-15,20-21H,8-13,16H2,1-3H3. The van der Waals surface area contributed by atoms with Gasteiger partial charge in [0.1, 0.15) is 11.9 Å². The third-order valence-electron chi connectivity index (χ3n) is 6.47. The van der Waals surface area contributed by atoms with Gasteiger partial charge in [-0.2, -0.15) is 0 Å². The molecule has 2 aliphatic rings. The molecule has 4 rings (SSSR count). The second kappa shape index (κ2) is 9.14. The smallest absolute Gasteiger partial charge is 0.254 e. The van der Waals surface area contributed by atoms with Gasteiger partial charge in [0.05, 0.1) is 12.6 Å². The molecule has 7 heteroatoms. The first-order valence-corrected chi connectivity index (χ1v) is 11.0. The van der Waals surface area contributed by atoms with Gasteiger partial charge in [-0.15, -0.1) is 0 Å². The van der Waals surface area contributed by atoms with Gasteiger partial charge in [-0.3, -0.25) is 9.59 Å². The Balaban J connectivity index is 1.34. The lowest BCUT2D eigenvalue weighted by Crippen LogP contribution is -2.36. The van der Waals surface area contributed by atoms with Gasteiger partial charge in [0.15, 0.2) is 0 Å². The first-order chi connectivity index (χ1) is 14.9. The number of ether oxygens (including phenoxy) is 2. The van der Waals surface area contributed by atoms with E-state index in [-0.39, 0.29) is 17.6 Å². The molecule has 1 unspecified atom stereocenters. The van der Waals surface area contributed by atoms with Crippen LogP contribution in [0.5, 0.6) is 5.75 Å². The van der Waals surface area contributed by atoms with Gasteiger partial charge >= 0.3 is 0 Å². The Morgan fingerprint density at radius 1 is 1.00 bits per heavy atom. The quantitative estimate of drug-likeness (QED) is 0.737. The number of carbonyl (C=O) groups is 1. The molecule has 7 nitrogen and oxygen atoms in total. The average Bonchev–Trinajstić information content (AvgIpc) is 3.25. The van der Waals surface area contributed by atoms with Gasteiger partial charge in [0, 0.05) is 63.2 Å². The zero-order valence-electron chi connectivity index (χ0n) is 18.5. The molecule has 1 aromatic heterocycles. The molecular weight excluding hydrogens is 394 g/mol. The van der Waals surface area contributed by atoms with Crippen molar-refractivity contribution in [3.63, 3.8) is 0 Å². The molecule has 0 spiro atoms. The third-order valence-corrected chi connectivity index (χ3v) is 6.47. The number of aromatic nitrogens is 1. The summed E-state index contributed by atoms with van der Waals surface area (Å²) in [5.74, 6) is 0.595. The van der Waals surface area contributed by atoms with E-state index in [9.17, 15) is 9.59 Å². The monoisotopic (exact) mass is 425 g/mol. The molecule has 0 radical (unpaired) electrons. The summed E-state index contributed by atoms with van der Waals surface area (Å²) in [6.07, 6.45) is 3.06. The molecule has 0 bridgehead atoms. The number of methoxy groups -OCH3 is 1. The second-order valence-electron chi connectivity index (χ2n) is 8.48. The average molecular weight is 426 g/mol. The van der Waals surface area contributed by atoms with E-state index < -0.39 is 0 Å². The van der Waals surface area contributed by atoms with Crippen molar-refractivity contribution in [2.75, 3.05) is 38.2 Å². The molecule has 2 fully saturated rings. The van der Waals surface area contributed by atoms with E-state index in [1.807, 2.05) is 42.2 Å². The van der Waals surface area contributed by atoms with Crippen molar-refractivity contribution in [2.24, 2.45) is 7.05 Å². The molecule has 1 amide bonds. The number of pyridine rings is 1. The Morgan fingerprint density at radius 2 is 1.68 bits per heavy atom. The molecule has 3 heterocycles. The predicted molar refractivity (Wildman–Crippen MR) is 120 cm³/mol. The summed E-state index contributed by atoms with van der Waals surface area (Å²) < 4.78 is 13.0. The number of nitrogens with zero attached hydrogens (tertiary/aromatic N) is 3. The van der Waals surface area contributed by atoms with Gasteiger partial charge in [-0.05, 0) is 50.1 Å². The van der Waals surface area contributed by atoms with Crippen LogP contribution in [0.1, 0.15) is 35.3 Å². The van der Waals surface area contributed by atoms with Crippen LogP contribution in [0.3, 0.4) is 0 Å². The number of hydrogen-bond acceptors (Lipinski definition) is 5. The maximum atomic E-state index is 13.0. The highest BCUT2D eigenvalue weighted by Crippen LogP contribution is 2.24. The SMILES string of the molecule is COC1CCN(c2ccc(C(=O)N3CCC(Oc4cc(C)n(C)c(=O)c4)C3)cc2)CC1. The van der Waals surface area contributed by atoms with Crippen molar-refractivity contribution in [3.05, 3.63) is 58.0 Å². The van der Waals surface area contributed by atoms with Crippen molar-refractivity contribution in [2.45, 2.75) is 38.4 Å². The van der Waals surface area contributed by atoms with Crippen LogP contribution < -0.4 is 15.2 Å². The fourth-order valence-electron chi connectivity index (χ4n) is 4.35. The summed E-state index contributed by atoms with van der Waals surface area (Å²) in [4.78, 5) is 29.1. The van der Waals surface area contributed by atoms with Crippen LogP contribution in [-0.2, 0) is 11.8 Å². The molecule has 1 aromatic carbocycles. The zero-order chi connectivity index (χ0) is 22.0. The molecule has 166 valence electrons. The van der Waals surface area contributed by atoms with Crippen molar-refractivity contribution in [1.29, 1.82) is 0 Å². The summed E-state index contributed by atoms with van der Waals surface area (Å²) >= 11 is 0. The second-order valence-corrected chi connectivity index (χ2v) is 8.48. The molecule has 0 aliphatic carbocycles. The Hall–Kier alpha value is -2.80. The Kier molecular flexibility index (Phi) is 6.32. The number of carbonyl (C=O) groups excluding carboxylic acids is 1. The van der Waals surface area contributed by atoms with Crippen LogP contribution in [-0.4, -0.2) is 60.9 Å². The fraction of sp³-hybridized carbons (Fsp3) is 0.500. The lowest BCUT2D eigenvalue weighted by Gasteiger charge is -2.33. The van der Waals surface area contributed by atoms with Crippen LogP contribution in [0.15, 0.2) is 41.2 Å². The van der Waals surface area contributed by atoms with Gasteiger partial charge in [-0.1, -0.05) is 0 Å². The summed E-state index contributed by atoms with van der Waals surface area (Å²) in [6, 6.07) is 11.3. The van der Waals surface area contributed by atoms with Crippen LogP contribution in [0, 0.1) is 6.92 Å². The van der Waals surface area contributed by atoms with E-state index in [1.54, 1.807) is 18.7 Å². The lowest BCUT2D eigenvalue weighted by atomic mass is 10.1. The molecule has 2 saturated heterocycles. The van der Waals surface area contributed by atoms with E-state index in [4.69, 9.17) is 9.47 Å². The number of aryl methyl sites for hydroxylation is 1. The van der Waals surface area contributed by atoms with E-state index in [2.05, 4.69) is 4.90 Å². The number of amides is 1. The van der Waals surface area contributed by atoms with Gasteiger partial charge < -0.3 is 23.8 Å². The largest absolute Gasteiger partial charge is 0.488 e. The van der Waals surface area contributed by atoms with Crippen molar-refractivity contribution in [1.82, 2.24) is 9.47 Å². The fourth-order valence-corrected chi connectivity index (χ4v) is 4.35. The maximum Gasteiger partial charge on any atom is 0.254 e. The van der Waals surface area contributed by atoms with Gasteiger partial charge in [0.25, 0.3) is 11.5 Å². The van der Waals surface area contributed by atoms with E-state index in [1.165, 1.54) is 6.07 Å². The van der Waals surface area contributed by atoms with Crippen LogP contribution >= 0.6 is 0 Å². The van der Waals surface area contributed by atoms with Crippen molar-refractivity contribution >= 4 is 11.6 Å². The Labute approximate surface area is 183 Å². The summed E-state index contributed by atoms with van der Waals surface area (Å²) in [6.45, 7) is 5.00. The van der Waals surface area contributed by atoms with E-state index in [0.29, 0.717) is 30.5 Å². The molecule has 31 heavy (non-hydrogen) atoms. The number of piperidine rings is 1. The van der Waals surface area contributed by atoms with E-state index >= 15 is 0 Å². The van der Waals surface area contributed by atoms with E-state index in [0.717, 1.165) is 43.7 Å². The highest BCUT2D eigenvalue weighted by atomic mass is 16.5. The molecular formula is C24H31N3O4. The maximum absolute atomic E-state index is 13.0. The van der Waals surface area contributed by atoms with Gasteiger partial charge in [0.2, 0.25) is 0 Å². The predicted octanol–water partition coefficient (Wildman–Crippen LogP) is 2.60. The van der Waals surface area contributed by atoms with Crippen LogP contribution in [0.25, 0.3) is 0 Å². The summed E-state index contributed by atoms with van der Waals surface area (Å²) in [5.41, 5.74) is 2.60. The lowest BCUT2D eigenvalue weighted by molar-refractivity contribution is 0.0772. The van der Waals surface area contributed by atoms with Crippen molar-refractivity contribution in [3.8, 4) is 5.75 Å². The minimum Gasteiger partial charge on any atom is -0.488 e. The Bertz CT molecular complexity index is 977. The summed E-state index contributed by atoms with van der Waals surface area (Å²) in [5, 5.41) is 0. The topological polar surface area (TPSA) is 64.0 Å². The summed E-state index contributed by atoms with van der Waals surface area (Å²) in [7, 11) is 3.51. The number of hydrogen-bond donors (Lipinski definition) is 0.